The van der Waals surface area contributed by atoms with Gasteiger partial charge < -0.3 is 0 Å². The number of nitrogens with zero attached hydrogens (tertiary/aromatic N) is 2. The van der Waals surface area contributed by atoms with Gasteiger partial charge in [0.2, 0.25) is 0 Å². The second kappa shape index (κ2) is 4.16. The van der Waals surface area contributed by atoms with Crippen LogP contribution in [0, 0.1) is 24.2 Å². The summed E-state index contributed by atoms with van der Waals surface area (Å²) in [5, 5.41) is 8.86. The third-order valence-corrected chi connectivity index (χ3v) is 4.37. The lowest BCUT2D eigenvalue weighted by atomic mass is 10.0. The minimum Gasteiger partial charge on any atom is -0.296 e. The number of benzene rings is 1. The van der Waals surface area contributed by atoms with E-state index >= 15 is 0 Å². The fraction of sp³-hybridized carbons (Fsp3) is 0.533. The fourth-order valence-electron chi connectivity index (χ4n) is 3.38. The zero-order valence-corrected chi connectivity index (χ0v) is 10.3. The van der Waals surface area contributed by atoms with Gasteiger partial charge in [-0.3, -0.25) is 4.90 Å². The summed E-state index contributed by atoms with van der Waals surface area (Å²) in [6.45, 7) is 4.47. The van der Waals surface area contributed by atoms with Crippen molar-refractivity contribution in [3.05, 3.63) is 34.9 Å². The van der Waals surface area contributed by atoms with Crippen LogP contribution in [0.25, 0.3) is 0 Å². The molecule has 1 aromatic carbocycles. The predicted octanol–water partition coefficient (Wildman–Crippen LogP) is 2.85. The molecule has 2 aliphatic rings. The first-order chi connectivity index (χ1) is 8.26. The first-order valence-corrected chi connectivity index (χ1v) is 6.50. The van der Waals surface area contributed by atoms with Gasteiger partial charge in [-0.1, -0.05) is 6.07 Å². The summed E-state index contributed by atoms with van der Waals surface area (Å²) >= 11 is 0. The van der Waals surface area contributed by atoms with Gasteiger partial charge in [-0.15, -0.1) is 0 Å². The summed E-state index contributed by atoms with van der Waals surface area (Å²) in [6.07, 6.45) is 4.24. The minimum atomic E-state index is 0.772. The van der Waals surface area contributed by atoms with Crippen LogP contribution in [0.15, 0.2) is 18.2 Å². The lowest BCUT2D eigenvalue weighted by Crippen LogP contribution is -2.31. The van der Waals surface area contributed by atoms with Gasteiger partial charge in [-0.2, -0.15) is 5.26 Å². The van der Waals surface area contributed by atoms with E-state index in [1.54, 1.807) is 0 Å². The number of piperidine rings is 1. The Morgan fingerprint density at radius 2 is 2.29 bits per heavy atom. The van der Waals surface area contributed by atoms with Crippen molar-refractivity contribution in [3.8, 4) is 6.07 Å². The van der Waals surface area contributed by atoms with Gasteiger partial charge in [0, 0.05) is 19.1 Å². The molecular formula is C15H18N2. The maximum atomic E-state index is 8.86. The van der Waals surface area contributed by atoms with Crippen molar-refractivity contribution < 1.29 is 0 Å². The van der Waals surface area contributed by atoms with Crippen molar-refractivity contribution in [2.45, 2.75) is 38.8 Å². The van der Waals surface area contributed by atoms with Crippen LogP contribution < -0.4 is 0 Å². The van der Waals surface area contributed by atoms with Gasteiger partial charge in [-0.05, 0) is 55.4 Å². The normalized spacial score (nSPS) is 27.3. The van der Waals surface area contributed by atoms with E-state index in [4.69, 9.17) is 5.26 Å². The van der Waals surface area contributed by atoms with Crippen LogP contribution in [-0.4, -0.2) is 17.5 Å². The number of hydrogen-bond acceptors (Lipinski definition) is 2. The zero-order valence-electron chi connectivity index (χ0n) is 10.3. The van der Waals surface area contributed by atoms with Crippen LogP contribution in [0.2, 0.25) is 0 Å². The maximum absolute atomic E-state index is 8.86. The molecule has 3 rings (SSSR count). The van der Waals surface area contributed by atoms with E-state index in [0.717, 1.165) is 24.1 Å². The highest BCUT2D eigenvalue weighted by Gasteiger charge is 2.37. The second-order valence-electron chi connectivity index (χ2n) is 5.52. The Kier molecular flexibility index (Phi) is 2.64. The van der Waals surface area contributed by atoms with Gasteiger partial charge in [0.05, 0.1) is 11.6 Å². The highest BCUT2D eigenvalue weighted by atomic mass is 15.2. The molecule has 0 radical (unpaired) electrons. The van der Waals surface area contributed by atoms with Crippen molar-refractivity contribution in [2.75, 3.05) is 6.54 Å². The number of hydrogen-bond donors (Lipinski definition) is 0. The summed E-state index contributed by atoms with van der Waals surface area (Å²) in [5.41, 5.74) is 3.41. The number of fused-ring (bicyclic) bond motifs is 2. The van der Waals surface area contributed by atoms with Crippen molar-refractivity contribution in [2.24, 2.45) is 5.92 Å². The van der Waals surface area contributed by atoms with Crippen molar-refractivity contribution in [3.63, 3.8) is 0 Å². The Labute approximate surface area is 103 Å². The summed E-state index contributed by atoms with van der Waals surface area (Å²) in [6, 6.07) is 9.10. The molecule has 1 aromatic rings. The van der Waals surface area contributed by atoms with Gasteiger partial charge in [0.25, 0.3) is 0 Å². The highest BCUT2D eigenvalue weighted by Crippen LogP contribution is 2.38. The molecule has 2 nitrogen and oxygen atoms in total. The molecule has 1 saturated heterocycles. The number of nitriles is 1. The van der Waals surface area contributed by atoms with Crippen LogP contribution in [0.5, 0.6) is 0 Å². The average molecular weight is 226 g/mol. The molecule has 17 heavy (non-hydrogen) atoms. The standard InChI is InChI=1S/C15H18N2/c1-11-6-12(8-16)2-4-14(11)10-17-9-13-3-5-15(17)7-13/h2,4,6,13,15H,3,5,7,9-10H2,1H3. The monoisotopic (exact) mass is 226 g/mol. The van der Waals surface area contributed by atoms with Crippen molar-refractivity contribution >= 4 is 0 Å². The lowest BCUT2D eigenvalue weighted by molar-refractivity contribution is 0.205. The molecule has 0 aromatic heterocycles. The molecule has 2 atom stereocenters. The van der Waals surface area contributed by atoms with E-state index < -0.39 is 0 Å². The molecule has 1 aliphatic heterocycles. The lowest BCUT2D eigenvalue weighted by Gasteiger charge is -2.27. The molecule has 1 heterocycles. The number of aryl methyl sites for hydroxylation is 1. The van der Waals surface area contributed by atoms with Gasteiger partial charge in [0.15, 0.2) is 0 Å². The van der Waals surface area contributed by atoms with E-state index in [2.05, 4.69) is 24.0 Å². The molecule has 1 aliphatic carbocycles. The third-order valence-electron chi connectivity index (χ3n) is 4.37. The van der Waals surface area contributed by atoms with Crippen LogP contribution in [0.1, 0.15) is 36.0 Å². The first kappa shape index (κ1) is 10.8. The maximum Gasteiger partial charge on any atom is 0.0991 e. The summed E-state index contributed by atoms with van der Waals surface area (Å²) in [7, 11) is 0. The van der Waals surface area contributed by atoms with E-state index in [9.17, 15) is 0 Å². The van der Waals surface area contributed by atoms with E-state index in [0.29, 0.717) is 0 Å². The topological polar surface area (TPSA) is 27.0 Å². The summed E-state index contributed by atoms with van der Waals surface area (Å²) < 4.78 is 0. The van der Waals surface area contributed by atoms with E-state index in [-0.39, 0.29) is 0 Å². The van der Waals surface area contributed by atoms with Crippen LogP contribution in [-0.2, 0) is 6.54 Å². The first-order valence-electron chi connectivity index (χ1n) is 6.50. The predicted molar refractivity (Wildman–Crippen MR) is 67.4 cm³/mol. The van der Waals surface area contributed by atoms with Gasteiger partial charge in [0.1, 0.15) is 0 Å². The zero-order chi connectivity index (χ0) is 11.8. The van der Waals surface area contributed by atoms with E-state index in [1.165, 1.54) is 36.9 Å². The van der Waals surface area contributed by atoms with Crippen LogP contribution in [0.4, 0.5) is 0 Å². The van der Waals surface area contributed by atoms with Gasteiger partial charge in [-0.25, -0.2) is 0 Å². The van der Waals surface area contributed by atoms with Crippen LogP contribution in [0.3, 0.4) is 0 Å². The molecule has 2 bridgehead atoms. The molecule has 0 N–H and O–H groups in total. The molecule has 1 saturated carbocycles. The van der Waals surface area contributed by atoms with E-state index in [1.807, 2.05) is 12.1 Å². The molecule has 2 unspecified atom stereocenters. The fourth-order valence-corrected chi connectivity index (χ4v) is 3.38. The second-order valence-corrected chi connectivity index (χ2v) is 5.52. The Morgan fingerprint density at radius 3 is 2.88 bits per heavy atom. The Balaban J connectivity index is 1.75. The molecule has 0 spiro atoms. The Morgan fingerprint density at radius 1 is 1.41 bits per heavy atom. The molecule has 2 fully saturated rings. The smallest absolute Gasteiger partial charge is 0.0991 e. The SMILES string of the molecule is Cc1cc(C#N)ccc1CN1CC2CCC1C2. The average Bonchev–Trinajstić information content (AvgIpc) is 2.93. The highest BCUT2D eigenvalue weighted by molar-refractivity contribution is 5.37. The third kappa shape index (κ3) is 1.96. The Bertz CT molecular complexity index is 472. The quantitative estimate of drug-likeness (QED) is 0.775. The molecule has 88 valence electrons. The summed E-state index contributed by atoms with van der Waals surface area (Å²) in [5.74, 6) is 0.957. The largest absolute Gasteiger partial charge is 0.296 e. The van der Waals surface area contributed by atoms with Crippen LogP contribution >= 0.6 is 0 Å². The number of rotatable bonds is 2. The minimum absolute atomic E-state index is 0.772. The molecular weight excluding hydrogens is 208 g/mol. The van der Waals surface area contributed by atoms with Crippen molar-refractivity contribution in [1.82, 2.24) is 4.90 Å². The Hall–Kier alpha value is -1.33. The molecule has 0 amide bonds. The number of likely N-dealkylation sites (tertiary alicyclic amines) is 1. The molecule has 2 heteroatoms. The van der Waals surface area contributed by atoms with Crippen molar-refractivity contribution in [1.29, 1.82) is 5.26 Å². The summed E-state index contributed by atoms with van der Waals surface area (Å²) in [4.78, 5) is 2.63. The van der Waals surface area contributed by atoms with Gasteiger partial charge >= 0.3 is 0 Å².